The first-order valence-electron chi connectivity index (χ1n) is 18.6. The third kappa shape index (κ3) is 8.75. The Morgan fingerprint density at radius 2 is 0.543 bits per heavy atom. The van der Waals surface area contributed by atoms with Gasteiger partial charge < -0.3 is 0 Å². The molecule has 1 nitrogen and oxygen atoms in total. The second kappa shape index (κ2) is 19.8. The van der Waals surface area contributed by atoms with E-state index in [1.807, 2.05) is 72.8 Å². The van der Waals surface area contributed by atoms with E-state index in [9.17, 15) is 56.9 Å². The lowest BCUT2D eigenvalue weighted by Crippen LogP contribution is -2.81. The SMILES string of the molecule is Fc1c(F)c(F)c([B-](c2c(F)c(F)c(F)c(F)c2F)(c2c(F)c(F)c(F)c(F)c2F)c2c(F)c(F)c(F)c(F)c2F)c(F)c1F.O=[S+](Cc1ccc(C(Cl)(Cl)Cl)cc1)(c1ccccc1)c1ccccc1. The van der Waals surface area contributed by atoms with Crippen LogP contribution in [0.3, 0.4) is 0 Å². The summed E-state index contributed by atoms with van der Waals surface area (Å²) in [6, 6.07) is 26.4. The normalized spacial score (nSPS) is 12.0. The van der Waals surface area contributed by atoms with Crippen molar-refractivity contribution in [3.63, 3.8) is 0 Å². The molecular weight excluding hydrogens is 1070 g/mol. The summed E-state index contributed by atoms with van der Waals surface area (Å²) < 4.78 is 306. The first-order valence-corrected chi connectivity index (χ1v) is 21.5. The minimum atomic E-state index is -7.22. The molecule has 0 saturated heterocycles. The van der Waals surface area contributed by atoms with E-state index >= 15 is 35.1 Å². The highest BCUT2D eigenvalue weighted by molar-refractivity contribution is 8.02. The van der Waals surface area contributed by atoms with Gasteiger partial charge >= 0.3 is 0 Å². The molecule has 70 heavy (non-hydrogen) atoms. The van der Waals surface area contributed by atoms with Crippen LogP contribution in [0.25, 0.3) is 0 Å². The van der Waals surface area contributed by atoms with E-state index < -0.39 is 158 Å². The molecule has 0 aromatic heterocycles. The summed E-state index contributed by atoms with van der Waals surface area (Å²) in [5.74, 6) is -71.0. The molecule has 7 rings (SSSR count). The standard InChI is InChI=1S/C24BF20.C20H16Cl3OS/c26-5-1(6(27)14(35)21(42)13(5)34)25(2-7(28)15(36)22(43)16(37)8(2)29,3-9(30)17(38)23(44)18(39)10(3)31)4-11(32)19(40)24(45)20(41)12(4)33;21-20(22,23)17-13-11-16(12-14-17)15-25(24,18-7-3-1-4-8-18)19-9-5-2-6-10-19/h;1-14H,15H2/q-1;+1. The van der Waals surface area contributed by atoms with Gasteiger partial charge in [-0.2, -0.15) is 0 Å². The van der Waals surface area contributed by atoms with Gasteiger partial charge in [0.15, 0.2) is 89.5 Å². The molecule has 368 valence electrons. The van der Waals surface area contributed by atoms with E-state index in [-0.39, 0.29) is 0 Å². The van der Waals surface area contributed by atoms with Crippen molar-refractivity contribution in [3.8, 4) is 0 Å². The Kier molecular flexibility index (Phi) is 15.1. The molecule has 26 heteroatoms. The molecule has 0 unspecified atom stereocenters. The maximum atomic E-state index is 15.4. The molecule has 0 aliphatic heterocycles. The number of halogens is 23. The van der Waals surface area contributed by atoms with Crippen molar-refractivity contribution >= 4 is 72.7 Å². The molecule has 0 heterocycles. The molecular formula is C44H16BCl3F20OS. The lowest BCUT2D eigenvalue weighted by Gasteiger charge is -2.44. The molecule has 0 fully saturated rings. The van der Waals surface area contributed by atoms with Gasteiger partial charge in [0.1, 0.15) is 58.4 Å². The summed E-state index contributed by atoms with van der Waals surface area (Å²) in [6.07, 6.45) is -7.22. The molecule has 7 aromatic carbocycles. The number of alkyl halides is 3. The van der Waals surface area contributed by atoms with Crippen LogP contribution in [-0.4, -0.2) is 6.15 Å². The summed E-state index contributed by atoms with van der Waals surface area (Å²) >= 11 is 17.7. The minimum absolute atomic E-state index is 0.390. The van der Waals surface area contributed by atoms with Gasteiger partial charge in [0.25, 0.3) is 0 Å². The molecule has 0 amide bonds. The van der Waals surface area contributed by atoms with E-state index in [2.05, 4.69) is 0 Å². The zero-order chi connectivity index (χ0) is 52.3. The molecule has 0 bridgehead atoms. The van der Waals surface area contributed by atoms with Crippen LogP contribution in [0.15, 0.2) is 94.7 Å². The van der Waals surface area contributed by atoms with Crippen molar-refractivity contribution < 1.29 is 92.0 Å². The lowest BCUT2D eigenvalue weighted by molar-refractivity contribution is 0.378. The summed E-state index contributed by atoms with van der Waals surface area (Å²) in [5, 5.41) is 0. The predicted molar refractivity (Wildman–Crippen MR) is 216 cm³/mol. The van der Waals surface area contributed by atoms with Crippen LogP contribution in [-0.2, 0) is 23.7 Å². The molecule has 7 aromatic rings. The minimum Gasteiger partial charge on any atom is -0.207 e. The number of rotatable bonds is 8. The zero-order valence-electron chi connectivity index (χ0n) is 33.4. The van der Waals surface area contributed by atoms with E-state index in [0.29, 0.717) is 11.3 Å². The van der Waals surface area contributed by atoms with Crippen LogP contribution in [0.2, 0.25) is 0 Å². The van der Waals surface area contributed by atoms with E-state index in [1.54, 1.807) is 12.1 Å². The Hall–Kier alpha value is -5.78. The largest absolute Gasteiger partial charge is 0.216 e. The van der Waals surface area contributed by atoms with Crippen molar-refractivity contribution in [2.24, 2.45) is 0 Å². The summed E-state index contributed by atoms with van der Waals surface area (Å²) in [4.78, 5) is 1.62. The highest BCUT2D eigenvalue weighted by Crippen LogP contribution is 2.39. The van der Waals surface area contributed by atoms with Crippen molar-refractivity contribution in [2.75, 3.05) is 0 Å². The Labute approximate surface area is 395 Å². The fourth-order valence-corrected chi connectivity index (χ4v) is 10.3. The maximum Gasteiger partial charge on any atom is 0.216 e. The van der Waals surface area contributed by atoms with Crippen molar-refractivity contribution in [1.82, 2.24) is 0 Å². The Balaban J connectivity index is 0.000000270. The molecule has 0 saturated carbocycles. The van der Waals surface area contributed by atoms with Gasteiger partial charge in [-0.3, -0.25) is 0 Å². The van der Waals surface area contributed by atoms with Crippen molar-refractivity contribution in [3.05, 3.63) is 212 Å². The van der Waals surface area contributed by atoms with E-state index in [4.69, 9.17) is 34.8 Å². The molecule has 0 aliphatic carbocycles. The third-order valence-electron chi connectivity index (χ3n) is 10.6. The van der Waals surface area contributed by atoms with Crippen LogP contribution in [0.5, 0.6) is 0 Å². The topological polar surface area (TPSA) is 17.1 Å². The fraction of sp³-hybridized carbons (Fsp3) is 0.0455. The highest BCUT2D eigenvalue weighted by Gasteiger charge is 2.52. The molecule has 0 radical (unpaired) electrons. The number of hydrogen-bond acceptors (Lipinski definition) is 1. The summed E-state index contributed by atoms with van der Waals surface area (Å²) in [5.41, 5.74) is -12.8. The maximum absolute atomic E-state index is 15.4. The first-order chi connectivity index (χ1) is 32.6. The third-order valence-corrected chi connectivity index (χ3v) is 14.1. The second-order valence-electron chi connectivity index (χ2n) is 14.4. The quantitative estimate of drug-likeness (QED) is 0.0370. The van der Waals surface area contributed by atoms with Crippen LogP contribution >= 0.6 is 34.8 Å². The number of benzene rings is 7. The van der Waals surface area contributed by atoms with Gasteiger partial charge in [-0.15, -0.1) is 21.9 Å². The molecule has 0 spiro atoms. The average Bonchev–Trinajstić information content (AvgIpc) is 3.34. The van der Waals surface area contributed by atoms with E-state index in [0.717, 1.165) is 15.4 Å². The second-order valence-corrected chi connectivity index (χ2v) is 19.3. The van der Waals surface area contributed by atoms with E-state index in [1.165, 1.54) is 0 Å². The van der Waals surface area contributed by atoms with Gasteiger partial charge in [-0.1, -0.05) is 99.7 Å². The van der Waals surface area contributed by atoms with Crippen LogP contribution in [0.4, 0.5) is 87.8 Å². The Bertz CT molecular complexity index is 2830. The van der Waals surface area contributed by atoms with Crippen molar-refractivity contribution in [1.29, 1.82) is 0 Å². The van der Waals surface area contributed by atoms with Crippen LogP contribution in [0, 0.1) is 116 Å². The lowest BCUT2D eigenvalue weighted by atomic mass is 9.12. The summed E-state index contributed by atoms with van der Waals surface area (Å²) in [6.45, 7) is 0. The summed E-state index contributed by atoms with van der Waals surface area (Å²) in [7, 11) is -2.45. The van der Waals surface area contributed by atoms with Gasteiger partial charge in [-0.05, 0) is 24.3 Å². The van der Waals surface area contributed by atoms with Crippen molar-refractivity contribution in [2.45, 2.75) is 19.3 Å². The predicted octanol–water partition coefficient (Wildman–Crippen LogP) is 12.5. The highest BCUT2D eigenvalue weighted by atomic mass is 35.6. The molecule has 0 aliphatic rings. The smallest absolute Gasteiger partial charge is 0.207 e. The first kappa shape index (κ1) is 53.6. The Morgan fingerprint density at radius 1 is 0.329 bits per heavy atom. The van der Waals surface area contributed by atoms with Gasteiger partial charge in [0, 0.05) is 11.1 Å². The zero-order valence-corrected chi connectivity index (χ0v) is 36.5. The molecule has 0 atom stereocenters. The Morgan fingerprint density at radius 3 is 0.757 bits per heavy atom. The monoisotopic (exact) mass is 1090 g/mol. The van der Waals surface area contributed by atoms with Gasteiger partial charge in [0.05, 0.1) is 0 Å². The average molecular weight is 1090 g/mol. The number of hydrogen-bond donors (Lipinski definition) is 0. The van der Waals surface area contributed by atoms with Crippen LogP contribution in [0.1, 0.15) is 11.1 Å². The molecule has 0 N–H and O–H groups in total. The van der Waals surface area contributed by atoms with Gasteiger partial charge in [-0.25, -0.2) is 87.8 Å². The van der Waals surface area contributed by atoms with Gasteiger partial charge in [0.2, 0.25) is 3.79 Å². The fourth-order valence-electron chi connectivity index (χ4n) is 7.48. The van der Waals surface area contributed by atoms with Crippen LogP contribution < -0.4 is 21.9 Å².